The number of unbranched alkanes of at least 4 members (excludes halogenated alkanes) is 2. The number of hydrogen-bond acceptors (Lipinski definition) is 3. The molecule has 0 amide bonds. The molecule has 0 spiro atoms. The van der Waals surface area contributed by atoms with Crippen molar-refractivity contribution in [2.24, 2.45) is 4.99 Å². The van der Waals surface area contributed by atoms with Gasteiger partial charge in [0.2, 0.25) is 5.88 Å². The number of benzene rings is 2. The molecule has 3 nitrogen and oxygen atoms in total. The summed E-state index contributed by atoms with van der Waals surface area (Å²) in [5.74, 6) is -1.14. The first-order chi connectivity index (χ1) is 15.6. The van der Waals surface area contributed by atoms with E-state index in [1.807, 2.05) is 12.1 Å². The van der Waals surface area contributed by atoms with Gasteiger partial charge in [-0.1, -0.05) is 38.0 Å². The van der Waals surface area contributed by atoms with Gasteiger partial charge in [0.1, 0.15) is 17.5 Å². The molecule has 0 radical (unpaired) electrons. The van der Waals surface area contributed by atoms with Gasteiger partial charge in [0.15, 0.2) is 0 Å². The molecular weight excluding hydrogens is 413 g/mol. The van der Waals surface area contributed by atoms with E-state index >= 15 is 0 Å². The number of hydrogen-bond donors (Lipinski definition) is 0. The molecule has 0 aliphatic carbocycles. The average Bonchev–Trinajstić information content (AvgIpc) is 3.26. The maximum Gasteiger partial charge on any atom is 0.213 e. The van der Waals surface area contributed by atoms with Gasteiger partial charge < -0.3 is 4.74 Å². The van der Waals surface area contributed by atoms with E-state index in [0.29, 0.717) is 42.2 Å². The van der Waals surface area contributed by atoms with Crippen LogP contribution in [0.15, 0.2) is 59.7 Å². The zero-order valence-electron chi connectivity index (χ0n) is 18.0. The molecule has 6 heteroatoms. The summed E-state index contributed by atoms with van der Waals surface area (Å²) in [7, 11) is 0. The molecule has 166 valence electrons. The van der Waals surface area contributed by atoms with E-state index in [0.717, 1.165) is 24.8 Å². The second-order valence-electron chi connectivity index (χ2n) is 7.90. The van der Waals surface area contributed by atoms with Crippen LogP contribution in [0.25, 0.3) is 11.1 Å². The highest BCUT2D eigenvalue weighted by Gasteiger charge is 2.26. The molecule has 3 aromatic rings. The highest BCUT2D eigenvalue weighted by molar-refractivity contribution is 6.02. The maximum atomic E-state index is 14.9. The zero-order chi connectivity index (χ0) is 22.5. The van der Waals surface area contributed by atoms with Crippen molar-refractivity contribution < 1.29 is 17.9 Å². The van der Waals surface area contributed by atoms with E-state index in [1.54, 1.807) is 18.3 Å². The maximum absolute atomic E-state index is 14.9. The van der Waals surface area contributed by atoms with E-state index in [2.05, 4.69) is 16.9 Å². The summed E-state index contributed by atoms with van der Waals surface area (Å²) in [6, 6.07) is 11.9. The second-order valence-corrected chi connectivity index (χ2v) is 7.90. The lowest BCUT2D eigenvalue weighted by Gasteiger charge is -2.11. The monoisotopic (exact) mass is 438 g/mol. The molecule has 1 aliphatic heterocycles. The lowest BCUT2D eigenvalue weighted by Crippen LogP contribution is -2.03. The van der Waals surface area contributed by atoms with Gasteiger partial charge >= 0.3 is 0 Å². The van der Waals surface area contributed by atoms with Gasteiger partial charge in [-0.3, -0.25) is 4.99 Å². The summed E-state index contributed by atoms with van der Waals surface area (Å²) in [6.45, 7) is 2.77. The first kappa shape index (κ1) is 22.1. The summed E-state index contributed by atoms with van der Waals surface area (Å²) in [5.41, 5.74) is 2.12. The molecule has 1 aromatic heterocycles. The first-order valence-electron chi connectivity index (χ1n) is 11.0. The van der Waals surface area contributed by atoms with Crippen LogP contribution in [0.4, 0.5) is 13.2 Å². The Morgan fingerprint density at radius 2 is 1.72 bits per heavy atom. The fourth-order valence-electron chi connectivity index (χ4n) is 3.92. The smallest absolute Gasteiger partial charge is 0.213 e. The van der Waals surface area contributed by atoms with Crippen molar-refractivity contribution in [3.8, 4) is 17.0 Å². The van der Waals surface area contributed by atoms with Gasteiger partial charge in [-0.05, 0) is 49.1 Å². The quantitative estimate of drug-likeness (QED) is 0.353. The second kappa shape index (κ2) is 9.98. The van der Waals surface area contributed by atoms with E-state index in [-0.39, 0.29) is 5.56 Å². The van der Waals surface area contributed by atoms with Gasteiger partial charge in [-0.25, -0.2) is 18.2 Å². The Hall–Kier alpha value is -3.15. The molecule has 1 atom stereocenters. The molecule has 0 fully saturated rings. The number of nitrogens with zero attached hydrogens (tertiary/aromatic N) is 2. The van der Waals surface area contributed by atoms with Crippen molar-refractivity contribution in [3.63, 3.8) is 0 Å². The Balaban J connectivity index is 1.49. The van der Waals surface area contributed by atoms with Crippen molar-refractivity contribution in [1.29, 1.82) is 0 Å². The highest BCUT2D eigenvalue weighted by Crippen LogP contribution is 2.35. The van der Waals surface area contributed by atoms with Crippen LogP contribution in [-0.4, -0.2) is 17.3 Å². The summed E-state index contributed by atoms with van der Waals surface area (Å²) in [4.78, 5) is 8.74. The lowest BCUT2D eigenvalue weighted by atomic mass is 9.99. The number of aliphatic imine (C=N–C) groups is 1. The van der Waals surface area contributed by atoms with Gasteiger partial charge in [0, 0.05) is 29.1 Å². The molecule has 4 rings (SSSR count). The Bertz CT molecular complexity index is 1090. The molecule has 32 heavy (non-hydrogen) atoms. The molecule has 0 saturated carbocycles. The van der Waals surface area contributed by atoms with Gasteiger partial charge in [0.25, 0.3) is 0 Å². The van der Waals surface area contributed by atoms with Crippen molar-refractivity contribution >= 4 is 5.71 Å². The van der Waals surface area contributed by atoms with Crippen molar-refractivity contribution in [2.45, 2.75) is 45.1 Å². The number of aromatic nitrogens is 1. The fraction of sp³-hybridized carbons (Fsp3) is 0.308. The predicted molar refractivity (Wildman–Crippen MR) is 120 cm³/mol. The Morgan fingerprint density at radius 1 is 0.938 bits per heavy atom. The predicted octanol–water partition coefficient (Wildman–Crippen LogP) is 7.06. The first-order valence-corrected chi connectivity index (χ1v) is 11.0. The van der Waals surface area contributed by atoms with Gasteiger partial charge in [-0.15, -0.1) is 0 Å². The van der Waals surface area contributed by atoms with Gasteiger partial charge in [-0.2, -0.15) is 0 Å². The number of pyridine rings is 1. The third kappa shape index (κ3) is 4.85. The third-order valence-electron chi connectivity index (χ3n) is 5.64. The van der Waals surface area contributed by atoms with E-state index < -0.39 is 23.5 Å². The van der Waals surface area contributed by atoms with Crippen LogP contribution in [0.5, 0.6) is 5.88 Å². The molecule has 0 saturated heterocycles. The van der Waals surface area contributed by atoms with Crippen LogP contribution in [-0.2, 0) is 0 Å². The third-order valence-corrected chi connectivity index (χ3v) is 5.64. The average molecular weight is 438 g/mol. The van der Waals surface area contributed by atoms with E-state index in [1.165, 1.54) is 24.3 Å². The summed E-state index contributed by atoms with van der Waals surface area (Å²) >= 11 is 0. The largest absolute Gasteiger partial charge is 0.478 e. The molecule has 0 unspecified atom stereocenters. The van der Waals surface area contributed by atoms with Crippen LogP contribution in [0.1, 0.15) is 56.2 Å². The minimum absolute atomic E-state index is 0.116. The lowest BCUT2D eigenvalue weighted by molar-refractivity contribution is 0.295. The van der Waals surface area contributed by atoms with Gasteiger partial charge in [0.05, 0.1) is 18.2 Å². The number of ether oxygens (including phenoxy) is 1. The van der Waals surface area contributed by atoms with Crippen LogP contribution in [0.3, 0.4) is 0 Å². The molecule has 2 heterocycles. The van der Waals surface area contributed by atoms with Crippen LogP contribution in [0.2, 0.25) is 0 Å². The normalized spacial score (nSPS) is 15.6. The summed E-state index contributed by atoms with van der Waals surface area (Å²) < 4.78 is 48.7. The zero-order valence-corrected chi connectivity index (χ0v) is 18.0. The SMILES string of the molecule is CCCCCOc1ccc(-c2ccc([C@H]3CCC(c4c(F)cccc4F)=N3)c(F)c2)cn1. The van der Waals surface area contributed by atoms with Crippen LogP contribution < -0.4 is 4.74 Å². The van der Waals surface area contributed by atoms with Crippen molar-refractivity contribution in [1.82, 2.24) is 4.98 Å². The van der Waals surface area contributed by atoms with Crippen LogP contribution in [0, 0.1) is 17.5 Å². The molecule has 2 aromatic carbocycles. The van der Waals surface area contributed by atoms with E-state index in [4.69, 9.17) is 4.74 Å². The topological polar surface area (TPSA) is 34.5 Å². The molecular formula is C26H25F3N2O. The fourth-order valence-corrected chi connectivity index (χ4v) is 3.92. The highest BCUT2D eigenvalue weighted by atomic mass is 19.1. The van der Waals surface area contributed by atoms with Crippen molar-refractivity contribution in [3.05, 3.63) is 83.3 Å². The van der Waals surface area contributed by atoms with Crippen molar-refractivity contribution in [2.75, 3.05) is 6.61 Å². The standard InChI is InChI=1S/C26H25F3N2O/c1-2-3-4-14-32-25-13-9-18(16-30-25)17-8-10-19(22(29)15-17)23-11-12-24(31-23)26-20(27)6-5-7-21(26)28/h5-10,13,15-16,23H,2-4,11-12,14H2,1H3/t23-/m1/s1. The van der Waals surface area contributed by atoms with E-state index in [9.17, 15) is 13.2 Å². The molecule has 1 aliphatic rings. The van der Waals surface area contributed by atoms with Crippen LogP contribution >= 0.6 is 0 Å². The Labute approximate surface area is 186 Å². The Kier molecular flexibility index (Phi) is 6.88. The number of rotatable bonds is 8. The Morgan fingerprint density at radius 3 is 2.41 bits per heavy atom. The molecule has 0 N–H and O–H groups in total. The summed E-state index contributed by atoms with van der Waals surface area (Å²) in [5, 5.41) is 0. The molecule has 0 bridgehead atoms. The number of halogens is 3. The minimum atomic E-state index is -0.648. The summed E-state index contributed by atoms with van der Waals surface area (Å²) in [6.07, 6.45) is 5.80. The minimum Gasteiger partial charge on any atom is -0.478 e.